The fraction of sp³-hybridized carbons (Fsp3) is 0.368. The lowest BCUT2D eigenvalue weighted by molar-refractivity contribution is 0.0521. The summed E-state index contributed by atoms with van der Waals surface area (Å²) in [6, 6.07) is 8.07. The molecule has 3 rings (SSSR count). The van der Waals surface area contributed by atoms with E-state index in [9.17, 15) is 9.00 Å². The highest BCUT2D eigenvalue weighted by Crippen LogP contribution is 2.32. The average molecular weight is 439 g/mol. The molecule has 0 saturated carbocycles. The topological polar surface area (TPSA) is 81.3 Å². The van der Waals surface area contributed by atoms with E-state index in [1.165, 1.54) is 11.8 Å². The third kappa shape index (κ3) is 4.83. The second-order valence-electron chi connectivity index (χ2n) is 5.98. The van der Waals surface area contributed by atoms with Gasteiger partial charge >= 0.3 is 5.97 Å². The molecular formula is C19H22N2O4S3. The number of rotatable bonds is 9. The van der Waals surface area contributed by atoms with Crippen molar-refractivity contribution in [3.8, 4) is 0 Å². The van der Waals surface area contributed by atoms with E-state index in [1.807, 2.05) is 32.0 Å². The van der Waals surface area contributed by atoms with E-state index in [2.05, 4.69) is 20.2 Å². The van der Waals surface area contributed by atoms with Gasteiger partial charge in [0.05, 0.1) is 23.1 Å². The van der Waals surface area contributed by atoms with E-state index in [-0.39, 0.29) is 12.4 Å². The van der Waals surface area contributed by atoms with Gasteiger partial charge in [0.15, 0.2) is 15.4 Å². The molecular weight excluding hydrogens is 416 g/mol. The Bertz CT molecular complexity index is 963. The van der Waals surface area contributed by atoms with Crippen LogP contribution < -0.4 is 0 Å². The summed E-state index contributed by atoms with van der Waals surface area (Å²) in [6.45, 7) is 4.08. The molecule has 2 heterocycles. The Labute approximate surface area is 174 Å². The first-order valence-corrected chi connectivity index (χ1v) is 11.9. The highest BCUT2D eigenvalue weighted by Gasteiger charge is 2.20. The number of fused-ring (bicyclic) bond motifs is 1. The van der Waals surface area contributed by atoms with Crippen molar-refractivity contribution >= 4 is 50.4 Å². The smallest absolute Gasteiger partial charge is 0.355 e. The predicted molar refractivity (Wildman–Crippen MR) is 114 cm³/mol. The van der Waals surface area contributed by atoms with Crippen LogP contribution in [0, 0.1) is 6.92 Å². The van der Waals surface area contributed by atoms with E-state index in [0.717, 1.165) is 33.1 Å². The maximum absolute atomic E-state index is 12.4. The first-order chi connectivity index (χ1) is 13.5. The minimum atomic E-state index is -1.43. The Morgan fingerprint density at radius 1 is 1.36 bits per heavy atom. The zero-order chi connectivity index (χ0) is 20.1. The summed E-state index contributed by atoms with van der Waals surface area (Å²) in [6.07, 6.45) is 0.725. The van der Waals surface area contributed by atoms with Crippen LogP contribution in [0.25, 0.3) is 10.2 Å². The van der Waals surface area contributed by atoms with E-state index in [0.29, 0.717) is 11.4 Å². The minimum Gasteiger partial charge on any atom is -0.460 e. The maximum Gasteiger partial charge on any atom is 0.355 e. The van der Waals surface area contributed by atoms with Crippen molar-refractivity contribution in [2.45, 2.75) is 30.4 Å². The summed E-state index contributed by atoms with van der Waals surface area (Å²) in [5.74, 6) is 0.424. The van der Waals surface area contributed by atoms with Crippen LogP contribution in [-0.4, -0.2) is 39.6 Å². The van der Waals surface area contributed by atoms with E-state index in [4.69, 9.17) is 4.74 Å². The highest BCUT2D eigenvalue weighted by molar-refractivity contribution is 8.00. The Hall–Kier alpha value is -1.68. The molecule has 0 aliphatic heterocycles. The van der Waals surface area contributed by atoms with Crippen molar-refractivity contribution in [1.29, 1.82) is 0 Å². The molecule has 9 heteroatoms. The molecule has 0 bridgehead atoms. The van der Waals surface area contributed by atoms with Crippen molar-refractivity contribution < 1.29 is 17.9 Å². The number of esters is 1. The van der Waals surface area contributed by atoms with Gasteiger partial charge in [0.2, 0.25) is 0 Å². The monoisotopic (exact) mass is 438 g/mol. The zero-order valence-electron chi connectivity index (χ0n) is 15.9. The van der Waals surface area contributed by atoms with Gasteiger partial charge in [-0.05, 0) is 36.6 Å². The van der Waals surface area contributed by atoms with Crippen LogP contribution in [0.3, 0.4) is 0 Å². The molecule has 0 spiro atoms. The Balaban J connectivity index is 1.69. The number of nitrogens with zero attached hydrogens (tertiary/aromatic N) is 1. The molecule has 2 aromatic heterocycles. The van der Waals surface area contributed by atoms with Gasteiger partial charge < -0.3 is 9.72 Å². The van der Waals surface area contributed by atoms with Crippen molar-refractivity contribution in [3.63, 3.8) is 0 Å². The summed E-state index contributed by atoms with van der Waals surface area (Å²) in [5.41, 5.74) is 4.50. The fourth-order valence-corrected chi connectivity index (χ4v) is 5.34. The van der Waals surface area contributed by atoms with Gasteiger partial charge in [0, 0.05) is 11.4 Å². The van der Waals surface area contributed by atoms with Crippen LogP contribution in [0.15, 0.2) is 28.6 Å². The quantitative estimate of drug-likeness (QED) is 0.397. The summed E-state index contributed by atoms with van der Waals surface area (Å²) in [5, 5.41) is 0. The average Bonchev–Trinajstić information content (AvgIpc) is 3.26. The normalized spacial score (nSPS) is 12.4. The SMILES string of the molecule is CCc1c(C(=O)OCCS(=O)OC)[nH]c(CSc2nc3ccccc3s2)c1C. The lowest BCUT2D eigenvalue weighted by Gasteiger charge is -2.04. The summed E-state index contributed by atoms with van der Waals surface area (Å²) in [4.78, 5) is 20.3. The van der Waals surface area contributed by atoms with E-state index >= 15 is 0 Å². The molecule has 3 aromatic rings. The Morgan fingerprint density at radius 2 is 2.14 bits per heavy atom. The van der Waals surface area contributed by atoms with Crippen LogP contribution in [0.4, 0.5) is 0 Å². The van der Waals surface area contributed by atoms with Gasteiger partial charge in [-0.15, -0.1) is 11.3 Å². The molecule has 150 valence electrons. The number of hydrogen-bond acceptors (Lipinski definition) is 7. The van der Waals surface area contributed by atoms with Crippen LogP contribution >= 0.6 is 23.1 Å². The molecule has 0 saturated heterocycles. The van der Waals surface area contributed by atoms with Gasteiger partial charge in [-0.1, -0.05) is 30.8 Å². The molecule has 0 aliphatic rings. The van der Waals surface area contributed by atoms with Crippen molar-refractivity contribution in [2.24, 2.45) is 0 Å². The molecule has 0 aliphatic carbocycles. The first kappa shape index (κ1) is 21.0. The summed E-state index contributed by atoms with van der Waals surface area (Å²) >= 11 is 1.88. The fourth-order valence-electron chi connectivity index (χ4n) is 2.85. The number of carbonyl (C=O) groups is 1. The van der Waals surface area contributed by atoms with Crippen molar-refractivity contribution in [2.75, 3.05) is 19.5 Å². The molecule has 28 heavy (non-hydrogen) atoms. The van der Waals surface area contributed by atoms with Crippen molar-refractivity contribution in [3.05, 3.63) is 46.8 Å². The van der Waals surface area contributed by atoms with Crippen LogP contribution in [0.1, 0.15) is 34.2 Å². The lowest BCUT2D eigenvalue weighted by Crippen LogP contribution is -2.14. The Kier molecular flexibility index (Phi) is 7.28. The lowest BCUT2D eigenvalue weighted by atomic mass is 10.1. The van der Waals surface area contributed by atoms with Crippen LogP contribution in [0.5, 0.6) is 0 Å². The number of aromatic amines is 1. The number of ether oxygens (including phenoxy) is 1. The number of hydrogen-bond donors (Lipinski definition) is 1. The highest BCUT2D eigenvalue weighted by atomic mass is 32.2. The molecule has 1 unspecified atom stereocenters. The van der Waals surface area contributed by atoms with Gasteiger partial charge in [0.25, 0.3) is 0 Å². The van der Waals surface area contributed by atoms with Gasteiger partial charge in [-0.3, -0.25) is 4.18 Å². The van der Waals surface area contributed by atoms with Crippen LogP contribution in [-0.2, 0) is 32.2 Å². The third-order valence-electron chi connectivity index (χ3n) is 4.32. The van der Waals surface area contributed by atoms with Crippen LogP contribution in [0.2, 0.25) is 0 Å². The van der Waals surface area contributed by atoms with Crippen molar-refractivity contribution in [1.82, 2.24) is 9.97 Å². The number of aromatic nitrogens is 2. The Morgan fingerprint density at radius 3 is 2.86 bits per heavy atom. The number of nitrogens with one attached hydrogen (secondary N) is 1. The maximum atomic E-state index is 12.4. The van der Waals surface area contributed by atoms with Gasteiger partial charge in [-0.2, -0.15) is 0 Å². The van der Waals surface area contributed by atoms with E-state index < -0.39 is 17.0 Å². The number of thioether (sulfide) groups is 1. The summed E-state index contributed by atoms with van der Waals surface area (Å²) in [7, 11) is 1.36. The molecule has 0 fully saturated rings. The number of benzene rings is 1. The standard InChI is InChI=1S/C19H22N2O4S3/c1-4-13-12(2)15(20-17(13)18(22)25-9-10-28(23)24-3)11-26-19-21-14-7-5-6-8-16(14)27-19/h5-8,20H,4,9-11H2,1-3H3. The number of thiazole rings is 1. The third-order valence-corrected chi connectivity index (χ3v) is 7.40. The van der Waals surface area contributed by atoms with Gasteiger partial charge in [-0.25, -0.2) is 14.0 Å². The first-order valence-electron chi connectivity index (χ1n) is 8.82. The molecule has 6 nitrogen and oxygen atoms in total. The van der Waals surface area contributed by atoms with E-state index in [1.54, 1.807) is 23.1 Å². The number of H-pyrrole nitrogens is 1. The molecule has 0 radical (unpaired) electrons. The molecule has 0 amide bonds. The minimum absolute atomic E-state index is 0.0519. The van der Waals surface area contributed by atoms with Gasteiger partial charge in [0.1, 0.15) is 12.3 Å². The zero-order valence-corrected chi connectivity index (χ0v) is 18.4. The largest absolute Gasteiger partial charge is 0.460 e. The number of carbonyl (C=O) groups excluding carboxylic acids is 1. The second kappa shape index (κ2) is 9.69. The number of para-hydroxylation sites is 1. The second-order valence-corrected chi connectivity index (χ2v) is 9.58. The predicted octanol–water partition coefficient (Wildman–Crippen LogP) is 4.25. The summed E-state index contributed by atoms with van der Waals surface area (Å²) < 4.78 is 23.4. The molecule has 1 aromatic carbocycles. The molecule has 1 atom stereocenters. The molecule has 1 N–H and O–H groups in total.